The fraction of sp³-hybridized carbons (Fsp3) is 0.375. The summed E-state index contributed by atoms with van der Waals surface area (Å²) in [7, 11) is 1.43. The van der Waals surface area contributed by atoms with Gasteiger partial charge in [0.05, 0.1) is 18.6 Å². The lowest BCUT2D eigenvalue weighted by atomic mass is 9.98. The van der Waals surface area contributed by atoms with Gasteiger partial charge in [0.15, 0.2) is 5.75 Å². The maximum atomic E-state index is 12.2. The molecule has 0 radical (unpaired) electrons. The van der Waals surface area contributed by atoms with Crippen LogP contribution in [0.3, 0.4) is 0 Å². The number of amides is 1. The fourth-order valence-electron chi connectivity index (χ4n) is 4.24. The van der Waals surface area contributed by atoms with Crippen molar-refractivity contribution >= 4 is 23.3 Å². The second-order valence-electron chi connectivity index (χ2n) is 8.41. The van der Waals surface area contributed by atoms with Crippen molar-refractivity contribution in [1.29, 1.82) is 0 Å². The molecule has 1 amide bonds. The molecule has 0 bridgehead atoms. The quantitative estimate of drug-likeness (QED) is 0.344. The molecule has 184 valence electrons. The zero-order valence-corrected chi connectivity index (χ0v) is 20.2. The predicted octanol–water partition coefficient (Wildman–Crippen LogP) is 4.26. The fourth-order valence-corrected chi connectivity index (χ4v) is 4.71. The van der Waals surface area contributed by atoms with Crippen molar-refractivity contribution < 1.29 is 19.2 Å². The van der Waals surface area contributed by atoms with Crippen LogP contribution in [-0.4, -0.2) is 52.3 Å². The van der Waals surface area contributed by atoms with Crippen LogP contribution in [0.4, 0.5) is 10.5 Å². The number of nitro benzene ring substituents is 1. The second-order valence-corrected chi connectivity index (χ2v) is 9.02. The molecule has 1 fully saturated rings. The summed E-state index contributed by atoms with van der Waals surface area (Å²) >= 11 is 1.30. The molecule has 0 saturated carbocycles. The van der Waals surface area contributed by atoms with E-state index in [1.54, 1.807) is 18.2 Å². The summed E-state index contributed by atoms with van der Waals surface area (Å²) in [5, 5.41) is 20.3. The monoisotopic (exact) mass is 497 g/mol. The van der Waals surface area contributed by atoms with Crippen LogP contribution < -0.4 is 10.1 Å². The number of ether oxygens (including phenoxy) is 2. The average Bonchev–Trinajstić information content (AvgIpc) is 3.41. The minimum Gasteiger partial charge on any atom is -0.490 e. The van der Waals surface area contributed by atoms with Gasteiger partial charge in [-0.25, -0.2) is 4.79 Å². The lowest BCUT2D eigenvalue weighted by molar-refractivity contribution is -0.386. The van der Waals surface area contributed by atoms with Crippen LogP contribution in [0.15, 0.2) is 47.8 Å². The summed E-state index contributed by atoms with van der Waals surface area (Å²) in [5.41, 5.74) is 3.38. The highest BCUT2D eigenvalue weighted by Gasteiger charge is 2.26. The van der Waals surface area contributed by atoms with Gasteiger partial charge in [-0.2, -0.15) is 0 Å². The maximum Gasteiger partial charge on any atom is 0.407 e. The number of aromatic nitrogens is 2. The number of para-hydroxylation sites is 1. The van der Waals surface area contributed by atoms with Gasteiger partial charge in [-0.15, -0.1) is 5.10 Å². The van der Waals surface area contributed by atoms with Crippen LogP contribution >= 0.6 is 11.5 Å². The number of rotatable bonds is 9. The van der Waals surface area contributed by atoms with Gasteiger partial charge in [0, 0.05) is 42.1 Å². The molecule has 10 nitrogen and oxygen atoms in total. The van der Waals surface area contributed by atoms with Crippen molar-refractivity contribution in [3.05, 3.63) is 69.1 Å². The molecule has 0 spiro atoms. The van der Waals surface area contributed by atoms with Crippen molar-refractivity contribution in [3.63, 3.8) is 0 Å². The molecule has 1 aliphatic rings. The number of alkyl carbamates (subject to hydrolysis) is 1. The van der Waals surface area contributed by atoms with E-state index in [-0.39, 0.29) is 17.4 Å². The first-order valence-electron chi connectivity index (χ1n) is 11.3. The minimum absolute atomic E-state index is 0.00374. The third kappa shape index (κ3) is 6.52. The molecule has 0 aliphatic carbocycles. The Labute approximate surface area is 207 Å². The minimum atomic E-state index is -0.460. The summed E-state index contributed by atoms with van der Waals surface area (Å²) < 4.78 is 14.5. The van der Waals surface area contributed by atoms with Crippen molar-refractivity contribution in [2.75, 3.05) is 26.8 Å². The standard InChI is InChI=1S/C24H27N5O5S/c1-33-22-6-2-5-20(23(22)29(31)32)14-28-11-3-4-18(13-28)15-34-24(30)25-12-17-7-9-19(10-8-17)21-16-35-27-26-21/h2,5-10,16,18H,3-4,11-15H2,1H3,(H,25,30). The SMILES string of the molecule is COc1cccc(CN2CCCC(COC(=O)NCc3ccc(-c4csnn4)cc3)C2)c1[N+](=O)[O-]. The lowest BCUT2D eigenvalue weighted by Crippen LogP contribution is -2.38. The first-order valence-corrected chi connectivity index (χ1v) is 12.2. The molecule has 1 aliphatic heterocycles. The van der Waals surface area contributed by atoms with Crippen molar-refractivity contribution in [3.8, 4) is 17.0 Å². The number of benzene rings is 2. The Kier molecular flexibility index (Phi) is 8.22. The summed E-state index contributed by atoms with van der Waals surface area (Å²) in [6, 6.07) is 12.9. The molecule has 35 heavy (non-hydrogen) atoms. The van der Waals surface area contributed by atoms with Gasteiger partial charge in [-0.05, 0) is 42.5 Å². The van der Waals surface area contributed by atoms with Crippen LogP contribution in [0.1, 0.15) is 24.0 Å². The summed E-state index contributed by atoms with van der Waals surface area (Å²) in [6.45, 7) is 2.66. The third-order valence-corrected chi connectivity index (χ3v) is 6.48. The highest BCUT2D eigenvalue weighted by atomic mass is 32.1. The molecule has 1 atom stereocenters. The van der Waals surface area contributed by atoms with E-state index in [1.165, 1.54) is 18.6 Å². The van der Waals surface area contributed by atoms with Crippen LogP contribution in [0.2, 0.25) is 0 Å². The summed E-state index contributed by atoms with van der Waals surface area (Å²) in [4.78, 5) is 25.5. The normalized spacial score (nSPS) is 16.0. The number of piperidine rings is 1. The van der Waals surface area contributed by atoms with E-state index >= 15 is 0 Å². The molecule has 2 heterocycles. The number of nitrogens with one attached hydrogen (secondary N) is 1. The zero-order valence-electron chi connectivity index (χ0n) is 19.4. The molecule has 1 saturated heterocycles. The molecule has 2 aromatic carbocycles. The zero-order chi connectivity index (χ0) is 24.6. The lowest BCUT2D eigenvalue weighted by Gasteiger charge is -2.32. The summed E-state index contributed by atoms with van der Waals surface area (Å²) in [6.07, 6.45) is 1.42. The first-order chi connectivity index (χ1) is 17.0. The van der Waals surface area contributed by atoms with E-state index in [0.29, 0.717) is 31.8 Å². The van der Waals surface area contributed by atoms with Crippen LogP contribution in [0.25, 0.3) is 11.3 Å². The first kappa shape index (κ1) is 24.6. The Morgan fingerprint density at radius 1 is 1.29 bits per heavy atom. The molecule has 4 rings (SSSR count). The molecule has 1 aromatic heterocycles. The van der Waals surface area contributed by atoms with E-state index < -0.39 is 11.0 Å². The van der Waals surface area contributed by atoms with Gasteiger partial charge in [0.1, 0.15) is 5.69 Å². The number of carbonyl (C=O) groups is 1. The molecule has 3 aromatic rings. The second kappa shape index (κ2) is 11.7. The largest absolute Gasteiger partial charge is 0.490 e. The Morgan fingerprint density at radius 2 is 2.11 bits per heavy atom. The predicted molar refractivity (Wildman–Crippen MR) is 131 cm³/mol. The van der Waals surface area contributed by atoms with E-state index in [2.05, 4.69) is 19.8 Å². The number of likely N-dealkylation sites (tertiary alicyclic amines) is 1. The number of hydrogen-bond acceptors (Lipinski definition) is 9. The molecular formula is C24H27N5O5S. The number of hydrogen-bond donors (Lipinski definition) is 1. The van der Waals surface area contributed by atoms with Crippen LogP contribution in [0.5, 0.6) is 5.75 Å². The molecular weight excluding hydrogens is 470 g/mol. The topological polar surface area (TPSA) is 120 Å². The van der Waals surface area contributed by atoms with Crippen LogP contribution in [0, 0.1) is 16.0 Å². The van der Waals surface area contributed by atoms with E-state index in [0.717, 1.165) is 36.2 Å². The van der Waals surface area contributed by atoms with Gasteiger partial charge < -0.3 is 14.8 Å². The highest BCUT2D eigenvalue weighted by molar-refractivity contribution is 7.03. The number of methoxy groups -OCH3 is 1. The Hall–Kier alpha value is -3.57. The molecule has 1 unspecified atom stereocenters. The van der Waals surface area contributed by atoms with Gasteiger partial charge in [-0.3, -0.25) is 15.0 Å². The van der Waals surface area contributed by atoms with Gasteiger partial charge in [-0.1, -0.05) is 40.9 Å². The van der Waals surface area contributed by atoms with E-state index in [9.17, 15) is 14.9 Å². The van der Waals surface area contributed by atoms with Gasteiger partial charge in [0.2, 0.25) is 0 Å². The van der Waals surface area contributed by atoms with Crippen molar-refractivity contribution in [2.45, 2.75) is 25.9 Å². The highest BCUT2D eigenvalue weighted by Crippen LogP contribution is 2.32. The maximum absolute atomic E-state index is 12.2. The number of nitro groups is 1. The van der Waals surface area contributed by atoms with Crippen molar-refractivity contribution in [2.24, 2.45) is 5.92 Å². The number of carbonyl (C=O) groups excluding carboxylic acids is 1. The summed E-state index contributed by atoms with van der Waals surface area (Å²) in [5.74, 6) is 0.431. The third-order valence-electron chi connectivity index (χ3n) is 5.98. The Morgan fingerprint density at radius 3 is 2.83 bits per heavy atom. The van der Waals surface area contributed by atoms with Gasteiger partial charge in [0.25, 0.3) is 0 Å². The number of nitrogens with zero attached hydrogens (tertiary/aromatic N) is 4. The Bertz CT molecular complexity index is 1140. The van der Waals surface area contributed by atoms with Gasteiger partial charge >= 0.3 is 11.8 Å². The smallest absolute Gasteiger partial charge is 0.407 e. The van der Waals surface area contributed by atoms with E-state index in [4.69, 9.17) is 9.47 Å². The van der Waals surface area contributed by atoms with Crippen LogP contribution in [-0.2, 0) is 17.8 Å². The molecule has 1 N–H and O–H groups in total. The van der Waals surface area contributed by atoms with E-state index in [1.807, 2.05) is 29.6 Å². The average molecular weight is 498 g/mol. The Balaban J connectivity index is 1.24. The van der Waals surface area contributed by atoms with Crippen molar-refractivity contribution in [1.82, 2.24) is 19.8 Å². The molecule has 11 heteroatoms.